The SMILES string of the molecule is CCNc1ccc(N)c(OC(C)C)c1. The zero-order valence-corrected chi connectivity index (χ0v) is 9.00. The van der Waals surface area contributed by atoms with E-state index in [1.165, 1.54) is 0 Å². The van der Waals surface area contributed by atoms with Gasteiger partial charge in [-0.25, -0.2) is 0 Å². The summed E-state index contributed by atoms with van der Waals surface area (Å²) in [5, 5.41) is 3.21. The zero-order valence-electron chi connectivity index (χ0n) is 9.00. The molecular formula is C11H18N2O. The van der Waals surface area contributed by atoms with Gasteiger partial charge < -0.3 is 15.8 Å². The van der Waals surface area contributed by atoms with Crippen LogP contribution in [0.15, 0.2) is 18.2 Å². The highest BCUT2D eigenvalue weighted by molar-refractivity contribution is 5.61. The maximum absolute atomic E-state index is 5.78. The highest BCUT2D eigenvalue weighted by Gasteiger charge is 2.03. The topological polar surface area (TPSA) is 47.3 Å². The van der Waals surface area contributed by atoms with Gasteiger partial charge in [0.25, 0.3) is 0 Å². The molecule has 0 atom stereocenters. The molecule has 0 aliphatic heterocycles. The Balaban J connectivity index is 2.84. The van der Waals surface area contributed by atoms with Gasteiger partial charge in [-0.05, 0) is 32.9 Å². The second-order valence-corrected chi connectivity index (χ2v) is 3.45. The van der Waals surface area contributed by atoms with Gasteiger partial charge in [0.2, 0.25) is 0 Å². The maximum Gasteiger partial charge on any atom is 0.144 e. The molecular weight excluding hydrogens is 176 g/mol. The quantitative estimate of drug-likeness (QED) is 0.724. The summed E-state index contributed by atoms with van der Waals surface area (Å²) < 4.78 is 5.57. The van der Waals surface area contributed by atoms with E-state index >= 15 is 0 Å². The van der Waals surface area contributed by atoms with Crippen LogP contribution in [0, 0.1) is 0 Å². The maximum atomic E-state index is 5.78. The van der Waals surface area contributed by atoms with E-state index in [1.807, 2.05) is 32.0 Å². The third kappa shape index (κ3) is 2.83. The van der Waals surface area contributed by atoms with Crippen molar-refractivity contribution >= 4 is 11.4 Å². The number of nitrogens with two attached hydrogens (primary N) is 1. The van der Waals surface area contributed by atoms with Gasteiger partial charge in [0.15, 0.2) is 0 Å². The zero-order chi connectivity index (χ0) is 10.6. The van der Waals surface area contributed by atoms with Gasteiger partial charge in [0.05, 0.1) is 11.8 Å². The monoisotopic (exact) mass is 194 g/mol. The molecule has 0 aromatic heterocycles. The fourth-order valence-electron chi connectivity index (χ4n) is 1.20. The van der Waals surface area contributed by atoms with Gasteiger partial charge in [-0.3, -0.25) is 0 Å². The molecule has 0 heterocycles. The van der Waals surface area contributed by atoms with Gasteiger partial charge in [-0.2, -0.15) is 0 Å². The normalized spacial score (nSPS) is 10.3. The average molecular weight is 194 g/mol. The van der Waals surface area contributed by atoms with E-state index in [0.717, 1.165) is 18.0 Å². The summed E-state index contributed by atoms with van der Waals surface area (Å²) in [6.45, 7) is 6.92. The minimum Gasteiger partial charge on any atom is -0.489 e. The van der Waals surface area contributed by atoms with Gasteiger partial charge in [0, 0.05) is 18.3 Å². The molecule has 14 heavy (non-hydrogen) atoms. The molecule has 1 rings (SSSR count). The third-order valence-corrected chi connectivity index (χ3v) is 1.76. The molecule has 3 N–H and O–H groups in total. The first kappa shape index (κ1) is 10.7. The van der Waals surface area contributed by atoms with Crippen LogP contribution < -0.4 is 15.8 Å². The van der Waals surface area contributed by atoms with Gasteiger partial charge in [0.1, 0.15) is 5.75 Å². The number of nitrogens with one attached hydrogen (secondary N) is 1. The molecule has 78 valence electrons. The fraction of sp³-hybridized carbons (Fsp3) is 0.455. The lowest BCUT2D eigenvalue weighted by atomic mass is 10.2. The number of hydrogen-bond donors (Lipinski definition) is 2. The molecule has 0 amide bonds. The van der Waals surface area contributed by atoms with Crippen LogP contribution in [-0.4, -0.2) is 12.6 Å². The third-order valence-electron chi connectivity index (χ3n) is 1.76. The molecule has 0 radical (unpaired) electrons. The lowest BCUT2D eigenvalue weighted by Gasteiger charge is -2.13. The molecule has 0 saturated carbocycles. The van der Waals surface area contributed by atoms with Crippen LogP contribution in [0.3, 0.4) is 0 Å². The van der Waals surface area contributed by atoms with E-state index in [0.29, 0.717) is 5.69 Å². The molecule has 0 bridgehead atoms. The fourth-order valence-corrected chi connectivity index (χ4v) is 1.20. The molecule has 0 saturated heterocycles. The van der Waals surface area contributed by atoms with Crippen LogP contribution in [0.25, 0.3) is 0 Å². The molecule has 1 aromatic carbocycles. The first-order valence-corrected chi connectivity index (χ1v) is 4.93. The Bertz CT molecular complexity index is 297. The Morgan fingerprint density at radius 3 is 2.71 bits per heavy atom. The van der Waals surface area contributed by atoms with Crippen molar-refractivity contribution in [1.82, 2.24) is 0 Å². The summed E-state index contributed by atoms with van der Waals surface area (Å²) in [5.74, 6) is 0.749. The second-order valence-electron chi connectivity index (χ2n) is 3.45. The lowest BCUT2D eigenvalue weighted by Crippen LogP contribution is -2.08. The second kappa shape index (κ2) is 4.74. The van der Waals surface area contributed by atoms with Crippen LogP contribution in [0.5, 0.6) is 5.75 Å². The van der Waals surface area contributed by atoms with E-state index in [9.17, 15) is 0 Å². The van der Waals surface area contributed by atoms with Gasteiger partial charge in [-0.15, -0.1) is 0 Å². The molecule has 3 nitrogen and oxygen atoms in total. The number of ether oxygens (including phenoxy) is 1. The predicted octanol–water partition coefficient (Wildman–Crippen LogP) is 2.49. The van der Waals surface area contributed by atoms with Gasteiger partial charge >= 0.3 is 0 Å². The van der Waals surface area contributed by atoms with Crippen LogP contribution in [-0.2, 0) is 0 Å². The molecule has 0 spiro atoms. The minimum atomic E-state index is 0.147. The summed E-state index contributed by atoms with van der Waals surface area (Å²) in [6.07, 6.45) is 0.147. The van der Waals surface area contributed by atoms with Crippen molar-refractivity contribution < 1.29 is 4.74 Å². The standard InChI is InChI=1S/C11H18N2O/c1-4-13-9-5-6-10(12)11(7-9)14-8(2)3/h5-8,13H,4,12H2,1-3H3. The summed E-state index contributed by atoms with van der Waals surface area (Å²) in [7, 11) is 0. The van der Waals surface area contributed by atoms with E-state index in [1.54, 1.807) is 0 Å². The minimum absolute atomic E-state index is 0.147. The molecule has 0 aliphatic carbocycles. The van der Waals surface area contributed by atoms with Gasteiger partial charge in [-0.1, -0.05) is 0 Å². The van der Waals surface area contributed by atoms with Crippen molar-refractivity contribution in [1.29, 1.82) is 0 Å². The largest absolute Gasteiger partial charge is 0.489 e. The van der Waals surface area contributed by atoms with Crippen LogP contribution >= 0.6 is 0 Å². The van der Waals surface area contributed by atoms with E-state index in [2.05, 4.69) is 12.2 Å². The van der Waals surface area contributed by atoms with Crippen molar-refractivity contribution in [3.05, 3.63) is 18.2 Å². The molecule has 0 unspecified atom stereocenters. The van der Waals surface area contributed by atoms with Crippen LogP contribution in [0.2, 0.25) is 0 Å². The Labute approximate surface area is 85.3 Å². The number of anilines is 2. The molecule has 1 aromatic rings. The summed E-state index contributed by atoms with van der Waals surface area (Å²) >= 11 is 0. The van der Waals surface area contributed by atoms with Crippen LogP contribution in [0.1, 0.15) is 20.8 Å². The highest BCUT2D eigenvalue weighted by atomic mass is 16.5. The summed E-state index contributed by atoms with van der Waals surface area (Å²) in [6, 6.07) is 5.74. The Morgan fingerprint density at radius 1 is 1.43 bits per heavy atom. The summed E-state index contributed by atoms with van der Waals surface area (Å²) in [5.41, 5.74) is 7.50. The lowest BCUT2D eigenvalue weighted by molar-refractivity contribution is 0.244. The molecule has 0 fully saturated rings. The number of nitrogen functional groups attached to an aromatic ring is 1. The Morgan fingerprint density at radius 2 is 2.14 bits per heavy atom. The molecule has 0 aliphatic rings. The number of rotatable bonds is 4. The Hall–Kier alpha value is -1.38. The predicted molar refractivity (Wildman–Crippen MR) is 60.8 cm³/mol. The smallest absolute Gasteiger partial charge is 0.144 e. The van der Waals surface area contributed by atoms with E-state index < -0.39 is 0 Å². The van der Waals surface area contributed by atoms with E-state index in [4.69, 9.17) is 10.5 Å². The van der Waals surface area contributed by atoms with Crippen molar-refractivity contribution in [2.45, 2.75) is 26.9 Å². The number of hydrogen-bond acceptors (Lipinski definition) is 3. The van der Waals surface area contributed by atoms with Crippen molar-refractivity contribution in [3.63, 3.8) is 0 Å². The summed E-state index contributed by atoms with van der Waals surface area (Å²) in [4.78, 5) is 0. The van der Waals surface area contributed by atoms with Crippen molar-refractivity contribution in [2.24, 2.45) is 0 Å². The first-order chi connectivity index (χ1) is 6.63. The van der Waals surface area contributed by atoms with Crippen molar-refractivity contribution in [2.75, 3.05) is 17.6 Å². The number of benzene rings is 1. The first-order valence-electron chi connectivity index (χ1n) is 4.93. The molecule has 3 heteroatoms. The van der Waals surface area contributed by atoms with Crippen molar-refractivity contribution in [3.8, 4) is 5.75 Å². The Kier molecular flexibility index (Phi) is 3.63. The van der Waals surface area contributed by atoms with E-state index in [-0.39, 0.29) is 6.10 Å². The highest BCUT2D eigenvalue weighted by Crippen LogP contribution is 2.26. The average Bonchev–Trinajstić information content (AvgIpc) is 2.10. The van der Waals surface area contributed by atoms with Crippen LogP contribution in [0.4, 0.5) is 11.4 Å².